The van der Waals surface area contributed by atoms with E-state index in [9.17, 15) is 5.11 Å². The lowest BCUT2D eigenvalue weighted by Gasteiger charge is -2.37. The second-order valence-corrected chi connectivity index (χ2v) is 12.0. The molecule has 3 heteroatoms. The van der Waals surface area contributed by atoms with Gasteiger partial charge in [0, 0.05) is 11.8 Å². The van der Waals surface area contributed by atoms with Gasteiger partial charge in [-0.2, -0.15) is 0 Å². The van der Waals surface area contributed by atoms with Crippen molar-refractivity contribution in [2.45, 2.75) is 71.4 Å². The first-order chi connectivity index (χ1) is 11.5. The molecule has 4 atom stereocenters. The van der Waals surface area contributed by atoms with Crippen molar-refractivity contribution in [2.75, 3.05) is 0 Å². The monoisotopic (exact) mass is 346 g/mol. The van der Waals surface area contributed by atoms with Crippen LogP contribution in [-0.4, -0.2) is 25.6 Å². The Kier molecular flexibility index (Phi) is 6.85. The lowest BCUT2D eigenvalue weighted by Crippen LogP contribution is -2.44. The van der Waals surface area contributed by atoms with E-state index in [2.05, 4.69) is 65.0 Å². The molecule has 0 fully saturated rings. The highest BCUT2D eigenvalue weighted by Crippen LogP contribution is 2.37. The van der Waals surface area contributed by atoms with Gasteiger partial charge in [0.25, 0.3) is 0 Å². The zero-order chi connectivity index (χ0) is 17.7. The molecule has 0 spiro atoms. The lowest BCUT2D eigenvalue weighted by molar-refractivity contribution is 0.0181. The number of hydrogen-bond acceptors (Lipinski definition) is 2. The molecule has 1 aliphatic carbocycles. The van der Waals surface area contributed by atoms with Gasteiger partial charge in [-0.3, -0.25) is 0 Å². The van der Waals surface area contributed by atoms with Crippen LogP contribution in [0, 0.1) is 11.8 Å². The molecule has 1 aliphatic rings. The van der Waals surface area contributed by atoms with Crippen molar-refractivity contribution < 1.29 is 9.53 Å². The topological polar surface area (TPSA) is 29.5 Å². The Labute approximate surface area is 149 Å². The number of benzene rings is 1. The number of aliphatic hydroxyl groups excluding tert-OH is 1. The van der Waals surface area contributed by atoms with Crippen molar-refractivity contribution in [3.8, 4) is 0 Å². The third kappa shape index (κ3) is 4.01. The summed E-state index contributed by atoms with van der Waals surface area (Å²) in [5, 5.41) is 10.9. The van der Waals surface area contributed by atoms with Crippen LogP contribution >= 0.6 is 0 Å². The van der Waals surface area contributed by atoms with E-state index < -0.39 is 8.32 Å². The van der Waals surface area contributed by atoms with Gasteiger partial charge in [0.2, 0.25) is 0 Å². The Bertz CT molecular complexity index is 528. The maximum Gasteiger partial charge on any atom is 0.192 e. The Morgan fingerprint density at radius 3 is 2.17 bits per heavy atom. The molecule has 2 nitrogen and oxygen atoms in total. The zero-order valence-electron chi connectivity index (χ0n) is 16.0. The first kappa shape index (κ1) is 19.4. The summed E-state index contributed by atoms with van der Waals surface area (Å²) in [6.07, 6.45) is 3.00. The number of aliphatic hydroxyl groups is 1. The van der Waals surface area contributed by atoms with Crippen molar-refractivity contribution >= 4 is 13.9 Å². The molecule has 0 heterocycles. The van der Waals surface area contributed by atoms with Crippen molar-refractivity contribution in [2.24, 2.45) is 11.8 Å². The molecule has 1 aromatic rings. The second-order valence-electron chi connectivity index (χ2n) is 7.30. The first-order valence-corrected chi connectivity index (χ1v) is 12.1. The lowest BCUT2D eigenvalue weighted by atomic mass is 9.85. The predicted molar refractivity (Wildman–Crippen MR) is 105 cm³/mol. The minimum atomic E-state index is -1.66. The molecule has 134 valence electrons. The third-order valence-electron chi connectivity index (χ3n) is 6.14. The summed E-state index contributed by atoms with van der Waals surface area (Å²) < 4.78 is 6.76. The van der Waals surface area contributed by atoms with Crippen LogP contribution in [0.3, 0.4) is 0 Å². The summed E-state index contributed by atoms with van der Waals surface area (Å²) in [6, 6.07) is 13.9. The van der Waals surface area contributed by atoms with Crippen LogP contribution in [0.25, 0.3) is 5.57 Å². The minimum absolute atomic E-state index is 0.134. The van der Waals surface area contributed by atoms with Crippen molar-refractivity contribution in [1.82, 2.24) is 0 Å². The SMILES string of the molecule is CC[Si](CC)(CC)OC1CC=C(c2ccccc2)[C@H](C)[C@H](O)[C@H]1C. The van der Waals surface area contributed by atoms with Crippen LogP contribution in [0.4, 0.5) is 0 Å². The quantitative estimate of drug-likeness (QED) is 0.689. The molecule has 0 aromatic heterocycles. The maximum absolute atomic E-state index is 10.9. The van der Waals surface area contributed by atoms with Gasteiger partial charge >= 0.3 is 0 Å². The van der Waals surface area contributed by atoms with E-state index in [1.165, 1.54) is 11.1 Å². The predicted octanol–water partition coefficient (Wildman–Crippen LogP) is 5.50. The fraction of sp³-hybridized carbons (Fsp3) is 0.619. The van der Waals surface area contributed by atoms with Gasteiger partial charge < -0.3 is 9.53 Å². The molecular weight excluding hydrogens is 312 g/mol. The number of hydrogen-bond donors (Lipinski definition) is 1. The molecule has 0 aliphatic heterocycles. The summed E-state index contributed by atoms with van der Waals surface area (Å²) in [6.45, 7) is 11.1. The summed E-state index contributed by atoms with van der Waals surface area (Å²) in [7, 11) is -1.66. The van der Waals surface area contributed by atoms with Crippen LogP contribution in [0.5, 0.6) is 0 Å². The minimum Gasteiger partial charge on any atom is -0.413 e. The molecule has 1 aromatic carbocycles. The van der Waals surface area contributed by atoms with Crippen molar-refractivity contribution in [1.29, 1.82) is 0 Å². The van der Waals surface area contributed by atoms with Crippen molar-refractivity contribution in [3.05, 3.63) is 42.0 Å². The van der Waals surface area contributed by atoms with Crippen LogP contribution in [0.15, 0.2) is 36.4 Å². The molecule has 0 saturated carbocycles. The fourth-order valence-corrected chi connectivity index (χ4v) is 6.94. The second kappa shape index (κ2) is 8.46. The maximum atomic E-state index is 10.9. The Hall–Kier alpha value is -0.903. The van der Waals surface area contributed by atoms with Crippen LogP contribution in [0.2, 0.25) is 18.1 Å². The van der Waals surface area contributed by atoms with E-state index in [-0.39, 0.29) is 24.0 Å². The first-order valence-electron chi connectivity index (χ1n) is 9.59. The molecule has 1 N–H and O–H groups in total. The van der Waals surface area contributed by atoms with Gasteiger partial charge in [0.05, 0.1) is 12.2 Å². The van der Waals surface area contributed by atoms with E-state index in [0.717, 1.165) is 24.6 Å². The molecule has 0 radical (unpaired) electrons. The smallest absolute Gasteiger partial charge is 0.192 e. The van der Waals surface area contributed by atoms with E-state index in [4.69, 9.17) is 4.43 Å². The van der Waals surface area contributed by atoms with Gasteiger partial charge in [-0.05, 0) is 35.7 Å². The standard InChI is InChI=1S/C21H34O2Si/c1-6-24(7-2,8-3)23-20-15-14-19(16(4)21(22)17(20)5)18-12-10-9-11-13-18/h9-14,16-17,20-22H,6-8,15H2,1-5H3/t16-,17-,20?,21-/m0/s1. The average Bonchev–Trinajstić information content (AvgIpc) is 2.73. The Morgan fingerprint density at radius 2 is 1.62 bits per heavy atom. The summed E-state index contributed by atoms with van der Waals surface area (Å²) >= 11 is 0. The van der Waals surface area contributed by atoms with Crippen LogP contribution < -0.4 is 0 Å². The van der Waals surface area contributed by atoms with Gasteiger partial charge in [0.15, 0.2) is 8.32 Å². The van der Waals surface area contributed by atoms with Gasteiger partial charge in [0.1, 0.15) is 0 Å². The molecule has 2 rings (SSSR count). The molecule has 24 heavy (non-hydrogen) atoms. The van der Waals surface area contributed by atoms with E-state index in [1.807, 2.05) is 6.07 Å². The molecule has 0 saturated heterocycles. The molecular formula is C21H34O2Si. The normalized spacial score (nSPS) is 28.3. The largest absolute Gasteiger partial charge is 0.413 e. The Morgan fingerprint density at radius 1 is 1.04 bits per heavy atom. The summed E-state index contributed by atoms with van der Waals surface area (Å²) in [5.41, 5.74) is 2.49. The van der Waals surface area contributed by atoms with Gasteiger partial charge in [-0.25, -0.2) is 0 Å². The fourth-order valence-electron chi connectivity index (χ4n) is 3.99. The van der Waals surface area contributed by atoms with Crippen LogP contribution in [-0.2, 0) is 4.43 Å². The highest BCUT2D eigenvalue weighted by molar-refractivity contribution is 6.73. The van der Waals surface area contributed by atoms with Crippen molar-refractivity contribution in [3.63, 3.8) is 0 Å². The molecule has 0 bridgehead atoms. The van der Waals surface area contributed by atoms with E-state index >= 15 is 0 Å². The average molecular weight is 347 g/mol. The van der Waals surface area contributed by atoms with Gasteiger partial charge in [-0.15, -0.1) is 0 Å². The number of rotatable bonds is 6. The third-order valence-corrected chi connectivity index (χ3v) is 10.8. The highest BCUT2D eigenvalue weighted by atomic mass is 28.4. The van der Waals surface area contributed by atoms with E-state index in [0.29, 0.717) is 0 Å². The van der Waals surface area contributed by atoms with Crippen LogP contribution in [0.1, 0.15) is 46.6 Å². The Balaban J connectivity index is 2.28. The summed E-state index contributed by atoms with van der Waals surface area (Å²) in [4.78, 5) is 0. The van der Waals surface area contributed by atoms with Gasteiger partial charge in [-0.1, -0.05) is 71.0 Å². The van der Waals surface area contributed by atoms with E-state index in [1.54, 1.807) is 0 Å². The molecule has 0 amide bonds. The summed E-state index contributed by atoms with van der Waals surface area (Å²) in [5.74, 6) is 0.297. The zero-order valence-corrected chi connectivity index (χ0v) is 17.0. The highest BCUT2D eigenvalue weighted by Gasteiger charge is 2.38. The molecule has 1 unspecified atom stereocenters.